The van der Waals surface area contributed by atoms with Gasteiger partial charge in [0.25, 0.3) is 0 Å². The standard InChI is InChI=1S/C5H7N3/c1-3-5-4-8(2)7-6-5/h3,5H,4H2,2H3. The molecular formula is C5H7N3. The molecule has 0 bridgehead atoms. The smallest absolute Gasteiger partial charge is 0.111 e. The Labute approximate surface area is 48.7 Å². The largest absolute Gasteiger partial charge is 0.279 e. The van der Waals surface area contributed by atoms with E-state index >= 15 is 0 Å². The lowest BCUT2D eigenvalue weighted by Gasteiger charge is -2.01. The minimum Gasteiger partial charge on any atom is -0.279 e. The van der Waals surface area contributed by atoms with Gasteiger partial charge in [0.2, 0.25) is 0 Å². The predicted molar refractivity (Wildman–Crippen MR) is 29.1 cm³/mol. The van der Waals surface area contributed by atoms with Crippen LogP contribution in [0.15, 0.2) is 16.4 Å². The Morgan fingerprint density at radius 3 is 2.88 bits per heavy atom. The molecule has 0 saturated carbocycles. The van der Waals surface area contributed by atoms with Crippen molar-refractivity contribution in [3.63, 3.8) is 0 Å². The van der Waals surface area contributed by atoms with Crippen molar-refractivity contribution in [2.24, 2.45) is 10.3 Å². The van der Waals surface area contributed by atoms with E-state index in [9.17, 15) is 0 Å². The van der Waals surface area contributed by atoms with Crippen molar-refractivity contribution in [3.8, 4) is 0 Å². The molecule has 1 aliphatic rings. The molecule has 3 heteroatoms. The van der Waals surface area contributed by atoms with Crippen LogP contribution in [0, 0.1) is 6.58 Å². The summed E-state index contributed by atoms with van der Waals surface area (Å²) >= 11 is 0. The second kappa shape index (κ2) is 1.94. The van der Waals surface area contributed by atoms with Crippen LogP contribution in [0.2, 0.25) is 0 Å². The molecule has 2 radical (unpaired) electrons. The number of rotatable bonds is 1. The molecule has 0 fully saturated rings. The van der Waals surface area contributed by atoms with Crippen LogP contribution < -0.4 is 0 Å². The summed E-state index contributed by atoms with van der Waals surface area (Å²) < 4.78 is 0. The van der Waals surface area contributed by atoms with Crippen LogP contribution in [0.25, 0.3) is 0 Å². The van der Waals surface area contributed by atoms with E-state index in [1.165, 1.54) is 6.08 Å². The lowest BCUT2D eigenvalue weighted by atomic mass is 10.3. The van der Waals surface area contributed by atoms with Crippen molar-refractivity contribution < 1.29 is 0 Å². The summed E-state index contributed by atoms with van der Waals surface area (Å²) in [7, 11) is 1.84. The van der Waals surface area contributed by atoms with E-state index in [4.69, 9.17) is 6.58 Å². The third kappa shape index (κ3) is 0.857. The van der Waals surface area contributed by atoms with Crippen LogP contribution in [0.5, 0.6) is 0 Å². The highest BCUT2D eigenvalue weighted by Gasteiger charge is 2.10. The Hall–Kier alpha value is -0.860. The van der Waals surface area contributed by atoms with E-state index in [1.807, 2.05) is 7.05 Å². The first-order valence-corrected chi connectivity index (χ1v) is 2.45. The zero-order valence-electron chi connectivity index (χ0n) is 4.70. The van der Waals surface area contributed by atoms with E-state index in [-0.39, 0.29) is 6.04 Å². The summed E-state index contributed by atoms with van der Waals surface area (Å²) in [5.74, 6) is 0. The number of hydrogen-bond acceptors (Lipinski definition) is 3. The van der Waals surface area contributed by atoms with Gasteiger partial charge in [-0.3, -0.25) is 5.01 Å². The molecule has 8 heavy (non-hydrogen) atoms. The normalized spacial score (nSPS) is 26.6. The van der Waals surface area contributed by atoms with Crippen LogP contribution in [-0.2, 0) is 0 Å². The van der Waals surface area contributed by atoms with Gasteiger partial charge in [-0.05, 0) is 12.7 Å². The molecule has 0 N–H and O–H groups in total. The summed E-state index contributed by atoms with van der Waals surface area (Å²) in [6.07, 6.45) is 1.30. The van der Waals surface area contributed by atoms with Crippen LogP contribution in [0.3, 0.4) is 0 Å². The predicted octanol–water partition coefficient (Wildman–Crippen LogP) is 0.534. The van der Waals surface area contributed by atoms with Crippen LogP contribution >= 0.6 is 0 Å². The average Bonchev–Trinajstić information content (AvgIpc) is 2.14. The summed E-state index contributed by atoms with van der Waals surface area (Å²) in [5, 5.41) is 9.16. The minimum atomic E-state index is -0.000000000000000222. The molecule has 1 heterocycles. The van der Waals surface area contributed by atoms with E-state index in [0.717, 1.165) is 6.54 Å². The van der Waals surface area contributed by atoms with E-state index < -0.39 is 0 Å². The first-order valence-electron chi connectivity index (χ1n) is 2.45. The molecule has 0 spiro atoms. The lowest BCUT2D eigenvalue weighted by Crippen LogP contribution is -2.13. The van der Waals surface area contributed by atoms with Crippen molar-refractivity contribution in [2.75, 3.05) is 13.6 Å². The zero-order valence-corrected chi connectivity index (χ0v) is 4.70. The van der Waals surface area contributed by atoms with Crippen molar-refractivity contribution >= 4 is 0 Å². The summed E-state index contributed by atoms with van der Waals surface area (Å²) in [5.41, 5.74) is 0. The molecule has 3 nitrogen and oxygen atoms in total. The maximum Gasteiger partial charge on any atom is 0.111 e. The van der Waals surface area contributed by atoms with Gasteiger partial charge in [-0.2, -0.15) is 5.11 Å². The second-order valence-corrected chi connectivity index (χ2v) is 1.78. The first-order chi connectivity index (χ1) is 3.83. The summed E-state index contributed by atoms with van der Waals surface area (Å²) in [4.78, 5) is 0. The maximum absolute atomic E-state index is 6.78. The van der Waals surface area contributed by atoms with Crippen molar-refractivity contribution in [2.45, 2.75) is 6.04 Å². The monoisotopic (exact) mass is 109 g/mol. The SMILES string of the molecule is [C]=CC1CN(C)N=N1. The fourth-order valence-corrected chi connectivity index (χ4v) is 0.584. The first kappa shape index (κ1) is 5.28. The van der Waals surface area contributed by atoms with Crippen molar-refractivity contribution in [3.05, 3.63) is 12.7 Å². The third-order valence-corrected chi connectivity index (χ3v) is 0.996. The van der Waals surface area contributed by atoms with Gasteiger partial charge in [-0.15, -0.1) is 0 Å². The Balaban J connectivity index is 2.45. The van der Waals surface area contributed by atoms with Gasteiger partial charge >= 0.3 is 0 Å². The quantitative estimate of drug-likeness (QED) is 0.482. The molecule has 42 valence electrons. The molecule has 1 atom stereocenters. The number of nitrogens with zero attached hydrogens (tertiary/aromatic N) is 3. The molecule has 0 amide bonds. The molecule has 0 saturated heterocycles. The van der Waals surface area contributed by atoms with Gasteiger partial charge in [0.15, 0.2) is 0 Å². The van der Waals surface area contributed by atoms with Gasteiger partial charge < -0.3 is 0 Å². The third-order valence-electron chi connectivity index (χ3n) is 0.996. The van der Waals surface area contributed by atoms with Crippen LogP contribution in [0.1, 0.15) is 0 Å². The highest BCUT2D eigenvalue weighted by atomic mass is 15.6. The Morgan fingerprint density at radius 2 is 2.62 bits per heavy atom. The van der Waals surface area contributed by atoms with Gasteiger partial charge in [-0.1, -0.05) is 5.22 Å². The number of likely N-dealkylation sites (N-methyl/N-ethyl adjacent to an activating group) is 1. The average molecular weight is 109 g/mol. The fourth-order valence-electron chi connectivity index (χ4n) is 0.584. The maximum atomic E-state index is 6.78. The van der Waals surface area contributed by atoms with E-state index in [0.29, 0.717) is 0 Å². The van der Waals surface area contributed by atoms with Gasteiger partial charge in [0.05, 0.1) is 6.54 Å². The summed E-state index contributed by atoms with van der Waals surface area (Å²) in [6, 6.07) is -0.000000000000000222. The zero-order chi connectivity index (χ0) is 5.98. The molecule has 0 aromatic carbocycles. The Kier molecular flexibility index (Phi) is 1.28. The molecule has 1 unspecified atom stereocenters. The van der Waals surface area contributed by atoms with Gasteiger partial charge in [0.1, 0.15) is 6.04 Å². The van der Waals surface area contributed by atoms with Gasteiger partial charge in [0, 0.05) is 7.05 Å². The van der Waals surface area contributed by atoms with Gasteiger partial charge in [-0.25, -0.2) is 0 Å². The van der Waals surface area contributed by atoms with Crippen molar-refractivity contribution in [1.29, 1.82) is 0 Å². The van der Waals surface area contributed by atoms with E-state index in [2.05, 4.69) is 10.3 Å². The van der Waals surface area contributed by atoms with E-state index in [1.54, 1.807) is 5.01 Å². The molecule has 1 aliphatic heterocycles. The lowest BCUT2D eigenvalue weighted by molar-refractivity contribution is 0.387. The molecule has 0 aliphatic carbocycles. The van der Waals surface area contributed by atoms with Crippen molar-refractivity contribution in [1.82, 2.24) is 5.01 Å². The van der Waals surface area contributed by atoms with Crippen LogP contribution in [-0.4, -0.2) is 24.6 Å². The Bertz CT molecular complexity index is 119. The highest BCUT2D eigenvalue weighted by molar-refractivity contribution is 4.86. The topological polar surface area (TPSA) is 28.0 Å². The van der Waals surface area contributed by atoms with Crippen LogP contribution in [0.4, 0.5) is 0 Å². The molecule has 0 aromatic rings. The minimum absolute atomic E-state index is 0.000000000000000222. The molecular weight excluding hydrogens is 102 g/mol. The molecule has 0 aromatic heterocycles. The number of hydrogen-bond donors (Lipinski definition) is 0. The highest BCUT2D eigenvalue weighted by Crippen LogP contribution is 2.05. The Morgan fingerprint density at radius 1 is 1.88 bits per heavy atom. The summed E-state index contributed by atoms with van der Waals surface area (Å²) in [6.45, 7) is 7.54. The fraction of sp³-hybridized carbons (Fsp3) is 0.600. The second-order valence-electron chi connectivity index (χ2n) is 1.78. The molecule has 1 rings (SSSR count).